The lowest BCUT2D eigenvalue weighted by Crippen LogP contribution is -2.52. The summed E-state index contributed by atoms with van der Waals surface area (Å²) in [4.78, 5) is 28.8. The Kier molecular flexibility index (Phi) is 7.69. The van der Waals surface area contributed by atoms with E-state index >= 15 is 0 Å². The molecule has 0 spiro atoms. The molecule has 0 radical (unpaired) electrons. The van der Waals surface area contributed by atoms with Crippen molar-refractivity contribution < 1.29 is 33.3 Å². The molecule has 0 saturated carbocycles. The number of alkyl halides is 1. The first-order chi connectivity index (χ1) is 13.5. The van der Waals surface area contributed by atoms with Gasteiger partial charge in [-0.1, -0.05) is 46.3 Å². The van der Waals surface area contributed by atoms with E-state index in [9.17, 15) is 14.7 Å². The second-order valence-electron chi connectivity index (χ2n) is 5.59. The molecule has 9 nitrogen and oxygen atoms in total. The Hall–Kier alpha value is -2.27. The molecule has 0 aliphatic rings. The molecule has 0 aliphatic carbocycles. The number of ether oxygens (including phenoxy) is 3. The molecule has 1 heterocycles. The molecular weight excluding hydrogens is 436 g/mol. The van der Waals surface area contributed by atoms with E-state index in [-0.39, 0.29) is 22.7 Å². The number of benzene rings is 1. The van der Waals surface area contributed by atoms with Gasteiger partial charge in [0.2, 0.25) is 5.89 Å². The molecule has 1 atom stereocenters. The van der Waals surface area contributed by atoms with Crippen molar-refractivity contribution in [1.82, 2.24) is 10.3 Å². The van der Waals surface area contributed by atoms with Crippen LogP contribution in [0.1, 0.15) is 22.4 Å². The number of methoxy groups -OCH3 is 3. The summed E-state index contributed by atoms with van der Waals surface area (Å²) in [6, 6.07) is 7.77. The van der Waals surface area contributed by atoms with E-state index in [4.69, 9.17) is 18.6 Å². The van der Waals surface area contributed by atoms with Crippen LogP contribution >= 0.6 is 15.9 Å². The van der Waals surface area contributed by atoms with Gasteiger partial charge in [-0.3, -0.25) is 4.79 Å². The first-order valence-electron chi connectivity index (χ1n) is 8.18. The topological polar surface area (TPSA) is 120 Å². The van der Waals surface area contributed by atoms with Crippen molar-refractivity contribution >= 4 is 27.8 Å². The highest BCUT2D eigenvalue weighted by Gasteiger charge is 2.40. The van der Waals surface area contributed by atoms with Gasteiger partial charge in [0, 0.05) is 19.8 Å². The molecule has 1 aromatic carbocycles. The van der Waals surface area contributed by atoms with E-state index in [2.05, 4.69) is 26.2 Å². The van der Waals surface area contributed by atoms with Crippen LogP contribution in [-0.2, 0) is 19.0 Å². The zero-order valence-corrected chi connectivity index (χ0v) is 17.2. The summed E-state index contributed by atoms with van der Waals surface area (Å²) in [5, 5.41) is 12.3. The van der Waals surface area contributed by atoms with Crippen LogP contribution < -0.4 is 5.32 Å². The Morgan fingerprint density at radius 2 is 1.89 bits per heavy atom. The fraction of sp³-hybridized carbons (Fsp3) is 0.389. The Balaban J connectivity index is 2.40. The van der Waals surface area contributed by atoms with E-state index in [0.717, 1.165) is 0 Å². The fourth-order valence-corrected chi connectivity index (χ4v) is 3.11. The first kappa shape index (κ1) is 22.0. The molecule has 28 heavy (non-hydrogen) atoms. The molecule has 2 N–H and O–H groups in total. The zero-order chi connectivity index (χ0) is 20.7. The molecule has 0 aliphatic heterocycles. The number of nitrogens with zero attached hydrogens (tertiary/aromatic N) is 1. The zero-order valence-electron chi connectivity index (χ0n) is 15.6. The monoisotopic (exact) mass is 456 g/mol. The largest absolute Gasteiger partial charge is 0.464 e. The van der Waals surface area contributed by atoms with E-state index in [0.29, 0.717) is 5.56 Å². The van der Waals surface area contributed by atoms with E-state index < -0.39 is 30.3 Å². The van der Waals surface area contributed by atoms with Crippen LogP contribution in [0.3, 0.4) is 0 Å². The molecule has 0 fully saturated rings. The summed E-state index contributed by atoms with van der Waals surface area (Å²) in [6.07, 6.45) is 0. The van der Waals surface area contributed by atoms with E-state index in [1.807, 2.05) is 6.07 Å². The number of aliphatic hydroxyl groups excluding tert-OH is 1. The lowest BCUT2D eigenvalue weighted by atomic mass is 10.1. The maximum Gasteiger partial charge on any atom is 0.360 e. The van der Waals surface area contributed by atoms with E-state index in [1.54, 1.807) is 24.3 Å². The number of aliphatic hydroxyl groups is 1. The molecule has 152 valence electrons. The molecule has 1 amide bonds. The summed E-state index contributed by atoms with van der Waals surface area (Å²) >= 11 is 3.16. The second-order valence-corrected chi connectivity index (χ2v) is 6.15. The minimum Gasteiger partial charge on any atom is -0.464 e. The normalized spacial score (nSPS) is 12.5. The first-order valence-corrected chi connectivity index (χ1v) is 9.31. The van der Waals surface area contributed by atoms with Gasteiger partial charge in [0.1, 0.15) is 6.04 Å². The number of oxazole rings is 1. The molecule has 2 rings (SSSR count). The molecule has 1 aromatic heterocycles. The van der Waals surface area contributed by atoms with Crippen molar-refractivity contribution in [2.24, 2.45) is 0 Å². The highest BCUT2D eigenvalue weighted by molar-refractivity contribution is 9.09. The molecule has 0 saturated heterocycles. The van der Waals surface area contributed by atoms with Gasteiger partial charge in [-0.15, -0.1) is 0 Å². The summed E-state index contributed by atoms with van der Waals surface area (Å²) in [5.74, 6) is -2.87. The predicted molar refractivity (Wildman–Crippen MR) is 102 cm³/mol. The van der Waals surface area contributed by atoms with Crippen LogP contribution in [0.25, 0.3) is 11.3 Å². The second kappa shape index (κ2) is 9.78. The van der Waals surface area contributed by atoms with Gasteiger partial charge in [-0.2, -0.15) is 0 Å². The van der Waals surface area contributed by atoms with Crippen molar-refractivity contribution in [1.29, 1.82) is 0 Å². The highest BCUT2D eigenvalue weighted by Crippen LogP contribution is 2.28. The van der Waals surface area contributed by atoms with Crippen molar-refractivity contribution in [3.05, 3.63) is 41.9 Å². The molecule has 2 aromatic rings. The van der Waals surface area contributed by atoms with Gasteiger partial charge >= 0.3 is 5.97 Å². The number of nitrogens with one attached hydrogen (secondary N) is 1. The van der Waals surface area contributed by atoms with Crippen molar-refractivity contribution in [2.75, 3.05) is 33.3 Å². The molecule has 0 unspecified atom stereocenters. The van der Waals surface area contributed by atoms with Crippen molar-refractivity contribution in [3.63, 3.8) is 0 Å². The minimum atomic E-state index is -1.60. The third-order valence-electron chi connectivity index (χ3n) is 4.03. The molecular formula is C18H21BrN2O7. The Bertz CT molecular complexity index is 797. The summed E-state index contributed by atoms with van der Waals surface area (Å²) in [5.41, 5.74) is 0.523. The molecule has 0 bridgehead atoms. The van der Waals surface area contributed by atoms with Gasteiger partial charge in [0.25, 0.3) is 11.7 Å². The average molecular weight is 457 g/mol. The minimum absolute atomic E-state index is 0.0469. The summed E-state index contributed by atoms with van der Waals surface area (Å²) < 4.78 is 20.8. The van der Waals surface area contributed by atoms with Crippen LogP contribution in [0.2, 0.25) is 0 Å². The van der Waals surface area contributed by atoms with E-state index in [1.165, 1.54) is 21.3 Å². The maximum absolute atomic E-state index is 12.6. The Morgan fingerprint density at radius 1 is 1.25 bits per heavy atom. The number of rotatable bonds is 9. The van der Waals surface area contributed by atoms with Gasteiger partial charge in [-0.25, -0.2) is 9.78 Å². The Morgan fingerprint density at radius 3 is 2.39 bits per heavy atom. The predicted octanol–water partition coefficient (Wildman–Crippen LogP) is 1.66. The third-order valence-corrected chi connectivity index (χ3v) is 4.76. The van der Waals surface area contributed by atoms with Crippen LogP contribution in [0.5, 0.6) is 0 Å². The van der Waals surface area contributed by atoms with Crippen LogP contribution in [-0.4, -0.2) is 61.0 Å². The quantitative estimate of drug-likeness (QED) is 0.332. The maximum atomic E-state index is 12.6. The fourth-order valence-electron chi connectivity index (χ4n) is 2.40. The number of amides is 1. The SMILES string of the molecule is COC(=O)c1nc([C@H](CO)NC(=O)C(CBr)(OC)OC)oc1-c1ccccc1. The standard InChI is InChI=1S/C18H21BrN2O7/c1-25-16(23)13-14(11-7-5-4-6-8-11)28-15(21-13)12(9-22)20-17(24)18(10-19,26-2)27-3/h4-8,12,22H,9-10H2,1-3H3,(H,20,24)/t12-/m0/s1. The van der Waals surface area contributed by atoms with Crippen LogP contribution in [0.4, 0.5) is 0 Å². The number of carbonyl (C=O) groups excluding carboxylic acids is 2. The third kappa shape index (κ3) is 4.41. The molecule has 10 heteroatoms. The van der Waals surface area contributed by atoms with Gasteiger partial charge in [0.15, 0.2) is 11.5 Å². The van der Waals surface area contributed by atoms with Crippen LogP contribution in [0, 0.1) is 0 Å². The Labute approximate surface area is 170 Å². The van der Waals surface area contributed by atoms with Crippen molar-refractivity contribution in [3.8, 4) is 11.3 Å². The van der Waals surface area contributed by atoms with Crippen LogP contribution in [0.15, 0.2) is 34.7 Å². The highest BCUT2D eigenvalue weighted by atomic mass is 79.9. The summed E-state index contributed by atoms with van der Waals surface area (Å²) in [6.45, 7) is -0.535. The van der Waals surface area contributed by atoms with Crippen molar-refractivity contribution in [2.45, 2.75) is 11.8 Å². The summed E-state index contributed by atoms with van der Waals surface area (Å²) in [7, 11) is 3.84. The van der Waals surface area contributed by atoms with Gasteiger partial charge in [0.05, 0.1) is 19.0 Å². The number of hydrogen-bond acceptors (Lipinski definition) is 8. The average Bonchev–Trinajstić information content (AvgIpc) is 3.19. The smallest absolute Gasteiger partial charge is 0.360 e. The number of hydrogen-bond donors (Lipinski definition) is 2. The van der Waals surface area contributed by atoms with Gasteiger partial charge in [-0.05, 0) is 0 Å². The number of esters is 1. The number of carbonyl (C=O) groups is 2. The lowest BCUT2D eigenvalue weighted by Gasteiger charge is -2.28. The lowest BCUT2D eigenvalue weighted by molar-refractivity contribution is -0.199. The number of halogens is 1. The van der Waals surface area contributed by atoms with Gasteiger partial charge < -0.3 is 29.1 Å². The number of aromatic nitrogens is 1.